The van der Waals surface area contributed by atoms with Crippen molar-refractivity contribution < 1.29 is 46.1 Å². The van der Waals surface area contributed by atoms with Crippen LogP contribution in [0, 0.1) is 0 Å². The molecule has 0 aliphatic heterocycles. The fourth-order valence-corrected chi connectivity index (χ4v) is 19.2. The molecule has 0 unspecified atom stereocenters. The van der Waals surface area contributed by atoms with Gasteiger partial charge in [-0.3, -0.25) is 0 Å². The summed E-state index contributed by atoms with van der Waals surface area (Å²) in [6, 6.07) is 27.8. The van der Waals surface area contributed by atoms with E-state index in [4.69, 9.17) is 23.2 Å². The number of halogens is 4. The van der Waals surface area contributed by atoms with Crippen molar-refractivity contribution in [1.29, 1.82) is 0 Å². The van der Waals surface area contributed by atoms with Gasteiger partial charge in [0.15, 0.2) is 0 Å². The molecular formula is C55H70Cl4Zr. The zero-order chi connectivity index (χ0) is 41.5. The van der Waals surface area contributed by atoms with E-state index in [1.165, 1.54) is 134 Å². The Morgan fingerprint density at radius 3 is 1.32 bits per heavy atom. The first-order valence-electron chi connectivity index (χ1n) is 22.8. The molecule has 0 spiro atoms. The molecule has 0 fully saturated rings. The Labute approximate surface area is 395 Å². The van der Waals surface area contributed by atoms with E-state index in [0.29, 0.717) is 3.63 Å². The molecule has 0 bridgehead atoms. The van der Waals surface area contributed by atoms with Gasteiger partial charge in [0.25, 0.3) is 0 Å². The Morgan fingerprint density at radius 2 is 0.950 bits per heavy atom. The van der Waals surface area contributed by atoms with E-state index in [2.05, 4.69) is 146 Å². The molecule has 60 heavy (non-hydrogen) atoms. The van der Waals surface area contributed by atoms with Gasteiger partial charge in [-0.15, -0.1) is 0 Å². The van der Waals surface area contributed by atoms with Gasteiger partial charge in [0.05, 0.1) is 0 Å². The molecule has 2 aliphatic carbocycles. The number of hydrogen-bond donors (Lipinski definition) is 0. The fraction of sp³-hybridized carbons (Fsp3) is 0.473. The van der Waals surface area contributed by atoms with Crippen molar-refractivity contribution in [3.63, 3.8) is 0 Å². The Hall–Kier alpha value is -1.73. The third-order valence-corrected chi connectivity index (χ3v) is 21.8. The van der Waals surface area contributed by atoms with Gasteiger partial charge in [-0.25, -0.2) is 0 Å². The third-order valence-electron chi connectivity index (χ3n) is 12.7. The van der Waals surface area contributed by atoms with Crippen LogP contribution < -0.4 is 24.8 Å². The van der Waals surface area contributed by atoms with Crippen LogP contribution in [0.25, 0.3) is 33.4 Å². The molecule has 0 saturated heterocycles. The molecule has 0 saturated carbocycles. The van der Waals surface area contributed by atoms with Crippen molar-refractivity contribution in [2.45, 2.75) is 166 Å². The number of rotatable bonds is 18. The molecule has 6 rings (SSSR count). The van der Waals surface area contributed by atoms with Crippen LogP contribution in [0.1, 0.15) is 178 Å². The number of unbranched alkanes of at least 4 members (excludes halogenated alkanes) is 10. The minimum Gasteiger partial charge on any atom is -1.00 e. The third kappa shape index (κ3) is 12.5. The SMILES string of the molecule is CCCCCCCC[C](CCCCCCCC)=[Zr+2]([C]1=CC=CC1)[CH]1c2cc(-c3ccc(Cl)cc3)c(C(C)(C)C)cc2-c2cc(C(C)(C)C)c(-c3ccc(Cl)cc3)cc21.[Cl-].[Cl-]. The van der Waals surface area contributed by atoms with Crippen LogP contribution in [0.5, 0.6) is 0 Å². The van der Waals surface area contributed by atoms with Crippen LogP contribution >= 0.6 is 23.2 Å². The molecule has 4 aromatic carbocycles. The van der Waals surface area contributed by atoms with Gasteiger partial charge in [0.1, 0.15) is 0 Å². The normalized spacial score (nSPS) is 13.2. The molecule has 0 amide bonds. The van der Waals surface area contributed by atoms with Crippen molar-refractivity contribution in [3.8, 4) is 33.4 Å². The molecule has 2 aliphatic rings. The van der Waals surface area contributed by atoms with E-state index >= 15 is 0 Å². The van der Waals surface area contributed by atoms with E-state index in [1.807, 2.05) is 3.21 Å². The Balaban J connectivity index is 0.00000397. The van der Waals surface area contributed by atoms with Gasteiger partial charge in [-0.2, -0.15) is 0 Å². The van der Waals surface area contributed by atoms with Crippen molar-refractivity contribution in [3.05, 3.63) is 127 Å². The summed E-state index contributed by atoms with van der Waals surface area (Å²) in [4.78, 5) is 0. The molecule has 0 aromatic heterocycles. The van der Waals surface area contributed by atoms with E-state index in [9.17, 15) is 0 Å². The molecule has 322 valence electrons. The monoisotopic (exact) mass is 960 g/mol. The van der Waals surface area contributed by atoms with E-state index in [1.54, 1.807) is 14.4 Å². The zero-order valence-corrected chi connectivity index (χ0v) is 43.3. The first-order valence-corrected chi connectivity index (χ1v) is 27.4. The average Bonchev–Trinajstić information content (AvgIpc) is 3.83. The summed E-state index contributed by atoms with van der Waals surface area (Å²) in [5, 5.41) is 1.58. The maximum Gasteiger partial charge on any atom is -1.00 e. The minimum atomic E-state index is -2.61. The first kappa shape index (κ1) is 50.9. The fourth-order valence-electron chi connectivity index (χ4n) is 9.53. The topological polar surface area (TPSA) is 0 Å². The van der Waals surface area contributed by atoms with Crippen LogP contribution in [0.4, 0.5) is 0 Å². The smallest absolute Gasteiger partial charge is 1.00 e. The summed E-state index contributed by atoms with van der Waals surface area (Å²) in [6.45, 7) is 19.0. The van der Waals surface area contributed by atoms with Crippen LogP contribution in [0.3, 0.4) is 0 Å². The quantitative estimate of drug-likeness (QED) is 0.0872. The number of allylic oxidation sites excluding steroid dienone is 4. The van der Waals surface area contributed by atoms with Gasteiger partial charge >= 0.3 is 374 Å². The van der Waals surface area contributed by atoms with E-state index in [-0.39, 0.29) is 35.6 Å². The second-order valence-corrected chi connectivity index (χ2v) is 26.9. The maximum atomic E-state index is 6.52. The molecule has 0 N–H and O–H groups in total. The zero-order valence-electron chi connectivity index (χ0n) is 37.9. The predicted octanol–water partition coefficient (Wildman–Crippen LogP) is 12.1. The van der Waals surface area contributed by atoms with Crippen LogP contribution in [0.2, 0.25) is 10.0 Å². The second kappa shape index (κ2) is 23.3. The maximum absolute atomic E-state index is 6.52. The summed E-state index contributed by atoms with van der Waals surface area (Å²) in [5.41, 5.74) is 14.1. The van der Waals surface area contributed by atoms with Gasteiger partial charge in [0.2, 0.25) is 0 Å². The van der Waals surface area contributed by atoms with Crippen LogP contribution in [-0.2, 0) is 32.1 Å². The number of hydrogen-bond acceptors (Lipinski definition) is 0. The summed E-state index contributed by atoms with van der Waals surface area (Å²) in [7, 11) is 0. The molecule has 0 atom stereocenters. The summed E-state index contributed by atoms with van der Waals surface area (Å²) in [5.74, 6) is 0. The molecule has 0 heterocycles. The molecule has 4 aromatic rings. The minimum absolute atomic E-state index is 0. The molecule has 0 radical (unpaired) electrons. The largest absolute Gasteiger partial charge is 1.00 e. The van der Waals surface area contributed by atoms with E-state index in [0.717, 1.165) is 16.5 Å². The Bertz CT molecular complexity index is 1980. The van der Waals surface area contributed by atoms with Gasteiger partial charge in [-0.1, -0.05) is 0 Å². The van der Waals surface area contributed by atoms with Crippen molar-refractivity contribution in [2.24, 2.45) is 0 Å². The van der Waals surface area contributed by atoms with Gasteiger partial charge in [-0.05, 0) is 0 Å². The summed E-state index contributed by atoms with van der Waals surface area (Å²) in [6.07, 6.45) is 27.4. The number of fused-ring (bicyclic) bond motifs is 3. The Morgan fingerprint density at radius 1 is 0.550 bits per heavy atom. The average molecular weight is 964 g/mol. The Kier molecular flexibility index (Phi) is 19.8. The summed E-state index contributed by atoms with van der Waals surface area (Å²) >= 11 is 10.4. The van der Waals surface area contributed by atoms with Crippen molar-refractivity contribution in [1.82, 2.24) is 0 Å². The molecule has 5 heteroatoms. The predicted molar refractivity (Wildman–Crippen MR) is 255 cm³/mol. The first-order chi connectivity index (χ1) is 27.8. The van der Waals surface area contributed by atoms with Crippen LogP contribution in [0.15, 0.2) is 94.3 Å². The van der Waals surface area contributed by atoms with Gasteiger partial charge < -0.3 is 24.8 Å². The molecular weight excluding hydrogens is 894 g/mol. The van der Waals surface area contributed by atoms with Crippen LogP contribution in [-0.4, -0.2) is 3.21 Å². The van der Waals surface area contributed by atoms with Crippen molar-refractivity contribution >= 4 is 26.4 Å². The second-order valence-electron chi connectivity index (χ2n) is 19.3. The van der Waals surface area contributed by atoms with E-state index < -0.39 is 21.3 Å². The van der Waals surface area contributed by atoms with Gasteiger partial charge in [0, 0.05) is 0 Å². The summed E-state index contributed by atoms with van der Waals surface area (Å²) < 4.78 is 4.20. The number of benzene rings is 4. The standard InChI is InChI=1S/C33H31Cl2.C17H34.C5H5.2ClH.Zr/c1-32(2,3)30-18-26-22(16-28(30)20-7-11-24(34)12-8-20)15-23-17-29(21-9-13-25(35)14-10-21)31(19-27(23)26)33(4,5)6;1-3-5-7-9-11-13-15-17-16-14-12-10-8-6-4-2;1-2-4-5-3-1;;;/h7-19H,1-6H3;3-16H2,1-2H3;1-3H,4H2;2*1H;/q;;;;;+2/p-2. The molecule has 0 nitrogen and oxygen atoms in total. The van der Waals surface area contributed by atoms with Crippen molar-refractivity contribution in [2.75, 3.05) is 0 Å².